The van der Waals surface area contributed by atoms with Crippen molar-refractivity contribution in [2.75, 3.05) is 7.11 Å². The van der Waals surface area contributed by atoms with Crippen molar-refractivity contribution in [2.45, 2.75) is 31.5 Å². The number of nitrogens with one attached hydrogen (secondary N) is 1. The molecule has 0 spiro atoms. The van der Waals surface area contributed by atoms with Crippen LogP contribution >= 0.6 is 11.6 Å². The quantitative estimate of drug-likeness (QED) is 0.850. The molecule has 0 aromatic heterocycles. The van der Waals surface area contributed by atoms with Crippen LogP contribution in [0.4, 0.5) is 0 Å². The number of methoxy groups -OCH3 is 1. The summed E-state index contributed by atoms with van der Waals surface area (Å²) in [5.74, 6) is 0.291. The van der Waals surface area contributed by atoms with E-state index in [0.717, 1.165) is 18.4 Å². The van der Waals surface area contributed by atoms with Crippen LogP contribution in [0, 0.1) is 0 Å². The van der Waals surface area contributed by atoms with Gasteiger partial charge in [-0.1, -0.05) is 11.6 Å². The number of hydrogen-bond donors (Lipinski definition) is 2. The fraction of sp³-hybridized carbons (Fsp3) is 0.500. The number of ether oxygens (including phenoxy) is 1. The molecule has 1 aromatic carbocycles. The second-order valence-electron chi connectivity index (χ2n) is 4.18. The molecule has 1 aliphatic rings. The van der Waals surface area contributed by atoms with Crippen molar-refractivity contribution >= 4 is 11.6 Å². The number of rotatable bonds is 4. The molecular formula is C12H16ClNO2. The molecule has 0 aliphatic heterocycles. The number of phenolic OH excluding ortho intramolecular Hbond substituents is 1. The second kappa shape index (κ2) is 5.04. The third-order valence-electron chi connectivity index (χ3n) is 3.05. The Bertz CT molecular complexity index is 364. The lowest BCUT2D eigenvalue weighted by molar-refractivity contribution is 0.0169. The van der Waals surface area contributed by atoms with Crippen LogP contribution in [0.1, 0.15) is 18.4 Å². The number of halogens is 1. The van der Waals surface area contributed by atoms with Crippen LogP contribution in [-0.2, 0) is 11.3 Å². The minimum Gasteiger partial charge on any atom is -0.508 e. The molecule has 0 radical (unpaired) electrons. The molecule has 4 heteroatoms. The molecule has 1 aromatic rings. The number of phenols is 1. The van der Waals surface area contributed by atoms with E-state index in [-0.39, 0.29) is 0 Å². The average molecular weight is 242 g/mol. The highest BCUT2D eigenvalue weighted by molar-refractivity contribution is 6.30. The Labute approximate surface area is 100 Å². The maximum absolute atomic E-state index is 9.61. The normalized spacial score (nSPS) is 24.1. The van der Waals surface area contributed by atoms with Crippen molar-refractivity contribution in [3.05, 3.63) is 28.8 Å². The van der Waals surface area contributed by atoms with Gasteiger partial charge in [0, 0.05) is 30.3 Å². The van der Waals surface area contributed by atoms with Crippen LogP contribution in [-0.4, -0.2) is 24.4 Å². The van der Waals surface area contributed by atoms with Gasteiger partial charge in [0.2, 0.25) is 0 Å². The highest BCUT2D eigenvalue weighted by Crippen LogP contribution is 2.25. The van der Waals surface area contributed by atoms with Crippen LogP contribution < -0.4 is 5.32 Å². The zero-order valence-electron chi connectivity index (χ0n) is 9.24. The standard InChI is InChI=1S/C12H16ClNO2/c1-16-11-5-10(6-11)14-7-8-4-9(13)2-3-12(8)15/h2-4,10-11,14-15H,5-7H2,1H3. The largest absolute Gasteiger partial charge is 0.508 e. The van der Waals surface area contributed by atoms with E-state index in [1.807, 2.05) is 0 Å². The van der Waals surface area contributed by atoms with Crippen LogP contribution in [0.5, 0.6) is 5.75 Å². The molecule has 16 heavy (non-hydrogen) atoms. The Morgan fingerprint density at radius 3 is 2.94 bits per heavy atom. The lowest BCUT2D eigenvalue weighted by atomic mass is 9.89. The molecular weight excluding hydrogens is 226 g/mol. The van der Waals surface area contributed by atoms with Crippen molar-refractivity contribution < 1.29 is 9.84 Å². The van der Waals surface area contributed by atoms with E-state index in [4.69, 9.17) is 16.3 Å². The van der Waals surface area contributed by atoms with E-state index in [9.17, 15) is 5.11 Å². The van der Waals surface area contributed by atoms with E-state index < -0.39 is 0 Å². The first-order valence-corrected chi connectivity index (χ1v) is 5.80. The summed E-state index contributed by atoms with van der Waals surface area (Å²) in [5, 5.41) is 13.6. The van der Waals surface area contributed by atoms with E-state index in [1.165, 1.54) is 0 Å². The van der Waals surface area contributed by atoms with Gasteiger partial charge in [0.1, 0.15) is 5.75 Å². The summed E-state index contributed by atoms with van der Waals surface area (Å²) in [6.45, 7) is 0.646. The maximum atomic E-state index is 9.61. The van der Waals surface area contributed by atoms with Gasteiger partial charge in [0.05, 0.1) is 6.10 Å². The number of hydrogen-bond acceptors (Lipinski definition) is 3. The van der Waals surface area contributed by atoms with Gasteiger partial charge >= 0.3 is 0 Å². The molecule has 0 bridgehead atoms. The molecule has 1 aliphatic carbocycles. The van der Waals surface area contributed by atoms with E-state index in [2.05, 4.69) is 5.32 Å². The SMILES string of the molecule is COC1CC(NCc2cc(Cl)ccc2O)C1. The third kappa shape index (κ3) is 2.67. The van der Waals surface area contributed by atoms with Crippen LogP contribution in [0.25, 0.3) is 0 Å². The summed E-state index contributed by atoms with van der Waals surface area (Å²) >= 11 is 5.87. The molecule has 88 valence electrons. The zero-order valence-corrected chi connectivity index (χ0v) is 10.00. The first-order valence-electron chi connectivity index (χ1n) is 5.42. The Morgan fingerprint density at radius 2 is 2.25 bits per heavy atom. The van der Waals surface area contributed by atoms with Crippen LogP contribution in [0.15, 0.2) is 18.2 Å². The molecule has 0 amide bonds. The topological polar surface area (TPSA) is 41.5 Å². The Balaban J connectivity index is 1.83. The van der Waals surface area contributed by atoms with E-state index in [0.29, 0.717) is 29.5 Å². The summed E-state index contributed by atoms with van der Waals surface area (Å²) in [6.07, 6.45) is 2.47. The summed E-state index contributed by atoms with van der Waals surface area (Å²) in [4.78, 5) is 0. The second-order valence-corrected chi connectivity index (χ2v) is 4.62. The molecule has 3 nitrogen and oxygen atoms in total. The lowest BCUT2D eigenvalue weighted by Crippen LogP contribution is -2.44. The molecule has 0 unspecified atom stereocenters. The molecule has 1 fully saturated rings. The molecule has 0 atom stereocenters. The zero-order chi connectivity index (χ0) is 11.5. The van der Waals surface area contributed by atoms with Crippen molar-refractivity contribution in [1.82, 2.24) is 5.32 Å². The third-order valence-corrected chi connectivity index (χ3v) is 3.29. The number of aromatic hydroxyl groups is 1. The Morgan fingerprint density at radius 1 is 1.50 bits per heavy atom. The van der Waals surface area contributed by atoms with Gasteiger partial charge in [-0.15, -0.1) is 0 Å². The predicted molar refractivity (Wildman–Crippen MR) is 63.8 cm³/mol. The minimum atomic E-state index is 0.291. The molecule has 2 N–H and O–H groups in total. The summed E-state index contributed by atoms with van der Waals surface area (Å²) < 4.78 is 5.20. The number of benzene rings is 1. The fourth-order valence-electron chi connectivity index (χ4n) is 1.87. The van der Waals surface area contributed by atoms with Crippen molar-refractivity contribution in [1.29, 1.82) is 0 Å². The first-order chi connectivity index (χ1) is 7.69. The van der Waals surface area contributed by atoms with Crippen molar-refractivity contribution in [3.8, 4) is 5.75 Å². The predicted octanol–water partition coefficient (Wildman–Crippen LogP) is 2.31. The Hall–Kier alpha value is -0.770. The minimum absolute atomic E-state index is 0.291. The van der Waals surface area contributed by atoms with Gasteiger partial charge in [-0.25, -0.2) is 0 Å². The van der Waals surface area contributed by atoms with Gasteiger partial charge in [0.15, 0.2) is 0 Å². The molecule has 2 rings (SSSR count). The summed E-state index contributed by atoms with van der Waals surface area (Å²) in [7, 11) is 1.74. The van der Waals surface area contributed by atoms with Crippen molar-refractivity contribution in [3.63, 3.8) is 0 Å². The fourth-order valence-corrected chi connectivity index (χ4v) is 2.07. The van der Waals surface area contributed by atoms with Crippen LogP contribution in [0.2, 0.25) is 5.02 Å². The monoisotopic (exact) mass is 241 g/mol. The van der Waals surface area contributed by atoms with Gasteiger partial charge in [0.25, 0.3) is 0 Å². The van der Waals surface area contributed by atoms with Gasteiger partial charge < -0.3 is 15.2 Å². The van der Waals surface area contributed by atoms with E-state index in [1.54, 1.807) is 25.3 Å². The maximum Gasteiger partial charge on any atom is 0.120 e. The van der Waals surface area contributed by atoms with Gasteiger partial charge in [-0.05, 0) is 31.0 Å². The molecule has 0 saturated heterocycles. The average Bonchev–Trinajstić information content (AvgIpc) is 2.21. The highest BCUT2D eigenvalue weighted by atomic mass is 35.5. The van der Waals surface area contributed by atoms with Crippen LogP contribution in [0.3, 0.4) is 0 Å². The molecule has 0 heterocycles. The van der Waals surface area contributed by atoms with Gasteiger partial charge in [-0.2, -0.15) is 0 Å². The van der Waals surface area contributed by atoms with Gasteiger partial charge in [-0.3, -0.25) is 0 Å². The van der Waals surface area contributed by atoms with Crippen molar-refractivity contribution in [2.24, 2.45) is 0 Å². The smallest absolute Gasteiger partial charge is 0.120 e. The highest BCUT2D eigenvalue weighted by Gasteiger charge is 2.28. The van der Waals surface area contributed by atoms with E-state index >= 15 is 0 Å². The first kappa shape index (κ1) is 11.7. The summed E-state index contributed by atoms with van der Waals surface area (Å²) in [5.41, 5.74) is 0.841. The lowest BCUT2D eigenvalue weighted by Gasteiger charge is -2.34. The summed E-state index contributed by atoms with van der Waals surface area (Å²) in [6, 6.07) is 5.59. The Kier molecular flexibility index (Phi) is 3.69. The molecule has 1 saturated carbocycles.